The standard InChI is InChI=1S/C28H24F2N6OS/c1-17(2)21-5-3-4-6-23(21)34-28(38)35-32-15-18-7-12-22-24(33-18)13-14-25-26(22)31-16-36(25)19-8-10-20(11-9-19)37-27(29)30/h3-17,27H,1-2H3,(H2,34,35,38)/b32-15+. The molecule has 0 aliphatic carbocycles. The molecule has 0 aliphatic heterocycles. The molecule has 0 fully saturated rings. The minimum atomic E-state index is -2.86. The zero-order valence-corrected chi connectivity index (χ0v) is 21.4. The van der Waals surface area contributed by atoms with Gasteiger partial charge in [-0.05, 0) is 78.3 Å². The predicted molar refractivity (Wildman–Crippen MR) is 150 cm³/mol. The summed E-state index contributed by atoms with van der Waals surface area (Å²) in [6, 6.07) is 22.0. The third kappa shape index (κ3) is 5.45. The molecule has 2 heterocycles. The van der Waals surface area contributed by atoms with Crippen LogP contribution in [0.25, 0.3) is 27.6 Å². The van der Waals surface area contributed by atoms with E-state index in [0.29, 0.717) is 16.7 Å². The van der Waals surface area contributed by atoms with E-state index in [1.165, 1.54) is 17.7 Å². The van der Waals surface area contributed by atoms with Crippen molar-refractivity contribution in [3.05, 3.63) is 90.4 Å². The van der Waals surface area contributed by atoms with Crippen LogP contribution in [0.2, 0.25) is 0 Å². The van der Waals surface area contributed by atoms with Gasteiger partial charge >= 0.3 is 6.61 Å². The highest BCUT2D eigenvalue weighted by atomic mass is 32.1. The van der Waals surface area contributed by atoms with E-state index in [1.807, 2.05) is 47.0 Å². The van der Waals surface area contributed by atoms with Gasteiger partial charge < -0.3 is 10.1 Å². The number of thiocarbonyl (C=S) groups is 1. The van der Waals surface area contributed by atoms with Gasteiger partial charge in [-0.25, -0.2) is 9.97 Å². The van der Waals surface area contributed by atoms with Crippen LogP contribution < -0.4 is 15.5 Å². The average Bonchev–Trinajstić information content (AvgIpc) is 3.33. The minimum Gasteiger partial charge on any atom is -0.435 e. The molecule has 38 heavy (non-hydrogen) atoms. The molecule has 7 nitrogen and oxygen atoms in total. The Balaban J connectivity index is 1.31. The van der Waals surface area contributed by atoms with Gasteiger partial charge in [-0.15, -0.1) is 0 Å². The maximum Gasteiger partial charge on any atom is 0.387 e. The van der Waals surface area contributed by atoms with Crippen molar-refractivity contribution in [1.29, 1.82) is 0 Å². The van der Waals surface area contributed by atoms with Crippen molar-refractivity contribution in [3.63, 3.8) is 0 Å². The summed E-state index contributed by atoms with van der Waals surface area (Å²) in [5.74, 6) is 0.459. The second kappa shape index (κ2) is 10.9. The Morgan fingerprint density at radius 1 is 1.03 bits per heavy atom. The van der Waals surface area contributed by atoms with Crippen molar-refractivity contribution in [2.75, 3.05) is 5.32 Å². The topological polar surface area (TPSA) is 76.4 Å². The molecule has 0 radical (unpaired) electrons. The Kier molecular flexibility index (Phi) is 7.23. The van der Waals surface area contributed by atoms with Crippen molar-refractivity contribution in [1.82, 2.24) is 20.0 Å². The highest BCUT2D eigenvalue weighted by molar-refractivity contribution is 7.80. The molecule has 5 aromatic rings. The van der Waals surface area contributed by atoms with Crippen molar-refractivity contribution in [2.24, 2.45) is 5.10 Å². The zero-order chi connectivity index (χ0) is 26.6. The van der Waals surface area contributed by atoms with E-state index < -0.39 is 6.61 Å². The van der Waals surface area contributed by atoms with Gasteiger partial charge in [0, 0.05) is 16.8 Å². The number of hydrogen-bond donors (Lipinski definition) is 2. The second-order valence-corrected chi connectivity index (χ2v) is 9.20. The van der Waals surface area contributed by atoms with Crippen molar-refractivity contribution in [2.45, 2.75) is 26.4 Å². The summed E-state index contributed by atoms with van der Waals surface area (Å²) in [5.41, 5.74) is 8.79. The lowest BCUT2D eigenvalue weighted by Gasteiger charge is -2.14. The molecule has 0 unspecified atom stereocenters. The fourth-order valence-electron chi connectivity index (χ4n) is 4.19. The molecular weight excluding hydrogens is 506 g/mol. The Morgan fingerprint density at radius 2 is 1.82 bits per heavy atom. The summed E-state index contributed by atoms with van der Waals surface area (Å²) in [6.07, 6.45) is 3.30. The van der Waals surface area contributed by atoms with Crippen LogP contribution in [0.15, 0.2) is 84.2 Å². The quantitative estimate of drug-likeness (QED) is 0.140. The fourth-order valence-corrected chi connectivity index (χ4v) is 4.35. The molecule has 0 saturated carbocycles. The lowest BCUT2D eigenvalue weighted by Crippen LogP contribution is -2.24. The number of alkyl halides is 2. The number of imidazole rings is 1. The number of fused-ring (bicyclic) bond motifs is 3. The fraction of sp³-hybridized carbons (Fsp3) is 0.143. The van der Waals surface area contributed by atoms with Gasteiger partial charge in [0.15, 0.2) is 5.11 Å². The molecule has 5 rings (SSSR count). The molecule has 0 bridgehead atoms. The van der Waals surface area contributed by atoms with Gasteiger partial charge in [-0.2, -0.15) is 13.9 Å². The van der Waals surface area contributed by atoms with E-state index in [0.717, 1.165) is 33.3 Å². The molecule has 0 amide bonds. The number of pyridine rings is 1. The van der Waals surface area contributed by atoms with Crippen LogP contribution in [-0.4, -0.2) is 32.5 Å². The lowest BCUT2D eigenvalue weighted by molar-refractivity contribution is -0.0498. The Bertz CT molecular complexity index is 1630. The van der Waals surface area contributed by atoms with Crippen LogP contribution in [0.1, 0.15) is 31.0 Å². The Hall–Kier alpha value is -4.44. The number of nitrogens with one attached hydrogen (secondary N) is 2. The SMILES string of the molecule is CC(C)c1ccccc1NC(=S)N/N=C/c1ccc2c(ccc3c2ncn3-c2ccc(OC(F)F)cc2)n1. The molecule has 0 atom stereocenters. The number of anilines is 1. The molecule has 0 spiro atoms. The highest BCUT2D eigenvalue weighted by Gasteiger charge is 2.11. The number of halogens is 2. The first kappa shape index (κ1) is 25.2. The Morgan fingerprint density at radius 3 is 2.58 bits per heavy atom. The maximum absolute atomic E-state index is 12.4. The number of rotatable bonds is 7. The molecule has 0 aliphatic rings. The van der Waals surface area contributed by atoms with Crippen LogP contribution in [0.4, 0.5) is 14.5 Å². The zero-order valence-electron chi connectivity index (χ0n) is 20.6. The molecule has 2 aromatic heterocycles. The monoisotopic (exact) mass is 530 g/mol. The number of aromatic nitrogens is 3. The van der Waals surface area contributed by atoms with Gasteiger partial charge in [-0.3, -0.25) is 9.99 Å². The summed E-state index contributed by atoms with van der Waals surface area (Å²) in [4.78, 5) is 9.24. The number of hydrazone groups is 1. The van der Waals surface area contributed by atoms with Crippen LogP contribution in [-0.2, 0) is 0 Å². The van der Waals surface area contributed by atoms with E-state index in [-0.39, 0.29) is 5.75 Å². The first-order chi connectivity index (χ1) is 18.4. The number of benzene rings is 3. The first-order valence-electron chi connectivity index (χ1n) is 11.9. The van der Waals surface area contributed by atoms with Gasteiger partial charge in [0.1, 0.15) is 12.1 Å². The van der Waals surface area contributed by atoms with Crippen LogP contribution in [0, 0.1) is 0 Å². The summed E-state index contributed by atoms with van der Waals surface area (Å²) >= 11 is 5.39. The highest BCUT2D eigenvalue weighted by Crippen LogP contribution is 2.27. The summed E-state index contributed by atoms with van der Waals surface area (Å²) in [5, 5.41) is 8.69. The minimum absolute atomic E-state index is 0.100. The van der Waals surface area contributed by atoms with E-state index >= 15 is 0 Å². The maximum atomic E-state index is 12.4. The Labute approximate surface area is 223 Å². The number of nitrogens with zero attached hydrogens (tertiary/aromatic N) is 4. The van der Waals surface area contributed by atoms with Gasteiger partial charge in [-0.1, -0.05) is 32.0 Å². The summed E-state index contributed by atoms with van der Waals surface area (Å²) in [7, 11) is 0. The van der Waals surface area contributed by atoms with Gasteiger partial charge in [0.2, 0.25) is 0 Å². The molecular formula is C28H24F2N6OS. The largest absolute Gasteiger partial charge is 0.435 e. The molecule has 3 aromatic carbocycles. The third-order valence-corrected chi connectivity index (χ3v) is 6.13. The molecule has 10 heteroatoms. The van der Waals surface area contributed by atoms with Gasteiger partial charge in [0.05, 0.1) is 28.5 Å². The lowest BCUT2D eigenvalue weighted by atomic mass is 10.0. The molecule has 2 N–H and O–H groups in total. The van der Waals surface area contributed by atoms with Crippen LogP contribution >= 0.6 is 12.2 Å². The number of para-hydroxylation sites is 1. The van der Waals surface area contributed by atoms with Crippen molar-refractivity contribution < 1.29 is 13.5 Å². The van der Waals surface area contributed by atoms with E-state index in [1.54, 1.807) is 24.7 Å². The second-order valence-electron chi connectivity index (χ2n) is 8.79. The van der Waals surface area contributed by atoms with E-state index in [2.05, 4.69) is 50.5 Å². The molecule has 192 valence electrons. The summed E-state index contributed by atoms with van der Waals surface area (Å²) < 4.78 is 31.2. The van der Waals surface area contributed by atoms with E-state index in [4.69, 9.17) is 12.2 Å². The smallest absolute Gasteiger partial charge is 0.387 e. The first-order valence-corrected chi connectivity index (χ1v) is 12.3. The van der Waals surface area contributed by atoms with Gasteiger partial charge in [0.25, 0.3) is 0 Å². The third-order valence-electron chi connectivity index (χ3n) is 5.94. The van der Waals surface area contributed by atoms with Crippen LogP contribution in [0.3, 0.4) is 0 Å². The number of ether oxygens (including phenoxy) is 1. The summed E-state index contributed by atoms with van der Waals surface area (Å²) in [6.45, 7) is 1.40. The molecule has 0 saturated heterocycles. The normalized spacial score (nSPS) is 11.6. The van der Waals surface area contributed by atoms with Crippen LogP contribution in [0.5, 0.6) is 5.75 Å². The van der Waals surface area contributed by atoms with E-state index in [9.17, 15) is 8.78 Å². The van der Waals surface area contributed by atoms with Crippen molar-refractivity contribution in [3.8, 4) is 11.4 Å². The van der Waals surface area contributed by atoms with Crippen molar-refractivity contribution >= 4 is 51.2 Å². The number of hydrogen-bond acceptors (Lipinski definition) is 5. The predicted octanol–water partition coefficient (Wildman–Crippen LogP) is 6.62. The average molecular weight is 531 g/mol.